The maximum absolute atomic E-state index is 4.50. The second-order valence-electron chi connectivity index (χ2n) is 21.3. The van der Waals surface area contributed by atoms with Gasteiger partial charge in [0.05, 0.1) is 0 Å². The molecule has 0 amide bonds. The lowest BCUT2D eigenvalue weighted by molar-refractivity contribution is 0.236. The van der Waals surface area contributed by atoms with Crippen LogP contribution in [0.3, 0.4) is 0 Å². The van der Waals surface area contributed by atoms with E-state index in [0.717, 1.165) is 13.1 Å². The van der Waals surface area contributed by atoms with Crippen molar-refractivity contribution >= 4 is 12.8 Å². The molecule has 7 heteroatoms. The number of fused-ring (bicyclic) bond motifs is 3. The molecule has 0 bridgehead atoms. The fraction of sp³-hybridized carbons (Fsp3) is 0.769. The Kier molecular flexibility index (Phi) is 22.5. The fourth-order valence-electron chi connectivity index (χ4n) is 9.35. The predicted molar refractivity (Wildman–Crippen MR) is 265 cm³/mol. The highest BCUT2D eigenvalue weighted by atomic mass is 32.1. The second-order valence-corrected chi connectivity index (χ2v) is 22.0. The Labute approximate surface area is 372 Å². The molecule has 0 radical (unpaired) electrons. The summed E-state index contributed by atoms with van der Waals surface area (Å²) in [6.07, 6.45) is 17.9. The van der Waals surface area contributed by atoms with Gasteiger partial charge in [-0.3, -0.25) is 4.31 Å². The fourth-order valence-corrected chi connectivity index (χ4v) is 9.49. The van der Waals surface area contributed by atoms with E-state index in [-0.39, 0.29) is 16.2 Å². The number of rotatable bonds is 30. The van der Waals surface area contributed by atoms with Gasteiger partial charge in [-0.15, -0.1) is 0 Å². The van der Waals surface area contributed by atoms with Crippen LogP contribution >= 0.6 is 12.8 Å². The molecule has 0 atom stereocenters. The molecule has 0 N–H and O–H groups in total. The molecule has 59 heavy (non-hydrogen) atoms. The van der Waals surface area contributed by atoms with Gasteiger partial charge in [0.15, 0.2) is 0 Å². The Morgan fingerprint density at radius 2 is 0.729 bits per heavy atom. The molecule has 0 spiro atoms. The average Bonchev–Trinajstić information content (AvgIpc) is 3.41. The molecule has 0 aromatic heterocycles. The van der Waals surface area contributed by atoms with Crippen molar-refractivity contribution in [3.8, 4) is 11.1 Å². The van der Waals surface area contributed by atoms with Crippen LogP contribution < -0.4 is 0 Å². The van der Waals surface area contributed by atoms with Crippen molar-refractivity contribution in [1.29, 1.82) is 0 Å². The molecule has 338 valence electrons. The zero-order valence-electron chi connectivity index (χ0n) is 41.1. The van der Waals surface area contributed by atoms with Crippen molar-refractivity contribution in [2.24, 2.45) is 0 Å². The lowest BCUT2D eigenvalue weighted by atomic mass is 9.69. The highest BCUT2D eigenvalue weighted by molar-refractivity contribution is 7.77. The molecule has 0 saturated heterocycles. The molecule has 0 fully saturated rings. The number of unbranched alkanes of at least 4 members (excludes halogenated alkanes) is 6. The van der Waals surface area contributed by atoms with Gasteiger partial charge in [-0.05, 0) is 204 Å². The van der Waals surface area contributed by atoms with E-state index in [4.69, 9.17) is 0 Å². The van der Waals surface area contributed by atoms with Crippen molar-refractivity contribution in [3.63, 3.8) is 0 Å². The normalized spacial score (nSPS) is 14.2. The summed E-state index contributed by atoms with van der Waals surface area (Å²) in [4.78, 5) is 12.5. The van der Waals surface area contributed by atoms with Crippen molar-refractivity contribution < 1.29 is 0 Å². The largest absolute Gasteiger partial charge is 0.309 e. The van der Waals surface area contributed by atoms with Gasteiger partial charge in [0.2, 0.25) is 0 Å². The van der Waals surface area contributed by atoms with Crippen LogP contribution in [0.2, 0.25) is 0 Å². The molecule has 1 aliphatic rings. The van der Waals surface area contributed by atoms with E-state index in [1.165, 1.54) is 165 Å². The molecule has 0 heterocycles. The lowest BCUT2D eigenvalue weighted by Gasteiger charge is -2.35. The Bertz CT molecular complexity index is 1320. The highest BCUT2D eigenvalue weighted by Gasteiger charge is 2.43. The average molecular weight is 835 g/mol. The van der Waals surface area contributed by atoms with Crippen LogP contribution in [0.5, 0.6) is 0 Å². The summed E-state index contributed by atoms with van der Waals surface area (Å²) >= 11 is 4.50. The highest BCUT2D eigenvalue weighted by Crippen LogP contribution is 2.55. The number of hydrogen-bond acceptors (Lipinski definition) is 7. The maximum Gasteiger partial charge on any atom is 0.0215 e. The summed E-state index contributed by atoms with van der Waals surface area (Å²) in [7, 11) is 15.3. The van der Waals surface area contributed by atoms with Gasteiger partial charge in [-0.2, -0.15) is 0 Å². The summed E-state index contributed by atoms with van der Waals surface area (Å²) in [5, 5.41) is 0. The summed E-state index contributed by atoms with van der Waals surface area (Å²) in [6, 6.07) is 15.1. The van der Waals surface area contributed by atoms with E-state index in [9.17, 15) is 0 Å². The third-order valence-electron chi connectivity index (χ3n) is 12.9. The van der Waals surface area contributed by atoms with E-state index in [1.54, 1.807) is 11.1 Å². The van der Waals surface area contributed by atoms with E-state index >= 15 is 0 Å². The van der Waals surface area contributed by atoms with Gasteiger partial charge in [-0.1, -0.05) is 129 Å². The van der Waals surface area contributed by atoms with Gasteiger partial charge >= 0.3 is 0 Å². The molecule has 2 aromatic carbocycles. The number of hydrogen-bond donors (Lipinski definition) is 1. The first-order chi connectivity index (χ1) is 27.8. The van der Waals surface area contributed by atoms with Gasteiger partial charge in [-0.25, -0.2) is 0 Å². The summed E-state index contributed by atoms with van der Waals surface area (Å²) in [5.74, 6) is 0. The van der Waals surface area contributed by atoms with Crippen LogP contribution in [-0.4, -0.2) is 144 Å². The zero-order valence-corrected chi connectivity index (χ0v) is 42.0. The van der Waals surface area contributed by atoms with Gasteiger partial charge < -0.3 is 24.5 Å². The third-order valence-corrected chi connectivity index (χ3v) is 13.1. The maximum atomic E-state index is 4.50. The standard InChI is InChI=1S/C52H94N6S/c1-50(2,3)44-26-28-46-47-29-27-45(51(4,5)6)43-49(47)52(48(46)42-44,30-18-14-16-20-36-57(38-22-32-53(7)8)39-23-33-54(9)10)31-19-15-17-21-37-58(40-24-34-55(11)12)41-25-35-56(13)59/h26-29,42-43,59H,14-25,30-41H2,1-13H3. The molecule has 6 nitrogen and oxygen atoms in total. The molecule has 3 rings (SSSR count). The first-order valence-electron chi connectivity index (χ1n) is 23.9. The Morgan fingerprint density at radius 3 is 1.05 bits per heavy atom. The van der Waals surface area contributed by atoms with E-state index in [2.05, 4.69) is 165 Å². The topological polar surface area (TPSA) is 19.4 Å². The number of benzene rings is 2. The molecular formula is C52H94N6S. The third kappa shape index (κ3) is 18.1. The van der Waals surface area contributed by atoms with Crippen molar-refractivity contribution in [2.45, 2.75) is 148 Å². The van der Waals surface area contributed by atoms with Crippen molar-refractivity contribution in [3.05, 3.63) is 58.7 Å². The van der Waals surface area contributed by atoms with Gasteiger partial charge in [0.1, 0.15) is 0 Å². The molecular weight excluding hydrogens is 741 g/mol. The van der Waals surface area contributed by atoms with Crippen molar-refractivity contribution in [1.82, 2.24) is 28.8 Å². The first kappa shape index (κ1) is 51.9. The Balaban J connectivity index is 1.79. The monoisotopic (exact) mass is 835 g/mol. The molecule has 0 saturated carbocycles. The minimum Gasteiger partial charge on any atom is -0.309 e. The van der Waals surface area contributed by atoms with Crippen LogP contribution in [-0.2, 0) is 16.2 Å². The summed E-state index contributed by atoms with van der Waals surface area (Å²) < 4.78 is 2.03. The van der Waals surface area contributed by atoms with Crippen LogP contribution in [0.1, 0.15) is 154 Å². The number of nitrogens with zero attached hydrogens (tertiary/aromatic N) is 6. The number of thiol groups is 1. The smallest absolute Gasteiger partial charge is 0.0215 e. The van der Waals surface area contributed by atoms with Crippen LogP contribution in [0, 0.1) is 0 Å². The molecule has 0 unspecified atom stereocenters. The second kappa shape index (κ2) is 25.6. The Hall–Kier alpha value is -1.45. The molecule has 2 aromatic rings. The summed E-state index contributed by atoms with van der Waals surface area (Å²) in [6.45, 7) is 26.1. The van der Waals surface area contributed by atoms with E-state index in [0.29, 0.717) is 0 Å². The quantitative estimate of drug-likeness (QED) is 0.0620. The van der Waals surface area contributed by atoms with Crippen LogP contribution in [0.15, 0.2) is 36.4 Å². The van der Waals surface area contributed by atoms with Crippen LogP contribution in [0.25, 0.3) is 11.1 Å². The van der Waals surface area contributed by atoms with Crippen molar-refractivity contribution in [2.75, 3.05) is 115 Å². The Morgan fingerprint density at radius 1 is 0.407 bits per heavy atom. The van der Waals surface area contributed by atoms with Crippen LogP contribution in [0.4, 0.5) is 0 Å². The lowest BCUT2D eigenvalue weighted by Crippen LogP contribution is -2.31. The SMILES string of the molecule is CN(C)CCCN(CCCCCCC1(CCCCCCN(CCCN(C)C)CCCN(C)S)c2cc(C(C)(C)C)ccc2-c2ccc(C(C)(C)C)cc21)CCCN(C)C. The van der Waals surface area contributed by atoms with Gasteiger partial charge in [0.25, 0.3) is 0 Å². The van der Waals surface area contributed by atoms with E-state index in [1.807, 2.05) is 4.31 Å². The molecule has 0 aliphatic heterocycles. The zero-order chi connectivity index (χ0) is 43.6. The minimum atomic E-state index is 0.0781. The minimum absolute atomic E-state index is 0.0781. The molecule has 1 aliphatic carbocycles. The van der Waals surface area contributed by atoms with Gasteiger partial charge in [0, 0.05) is 12.0 Å². The van der Waals surface area contributed by atoms with E-state index < -0.39 is 0 Å². The summed E-state index contributed by atoms with van der Waals surface area (Å²) in [5.41, 5.74) is 9.53. The first-order valence-corrected chi connectivity index (χ1v) is 24.3. The predicted octanol–water partition coefficient (Wildman–Crippen LogP) is 11.1.